The first-order valence-electron chi connectivity index (χ1n) is 5.91. The van der Waals surface area contributed by atoms with Gasteiger partial charge in [-0.3, -0.25) is 0 Å². The number of aromatic hydroxyl groups is 2. The molecule has 2 atom stereocenters. The van der Waals surface area contributed by atoms with E-state index in [2.05, 4.69) is 12.2 Å². The summed E-state index contributed by atoms with van der Waals surface area (Å²) in [6, 6.07) is 5.63. The summed E-state index contributed by atoms with van der Waals surface area (Å²) < 4.78 is 0. The van der Waals surface area contributed by atoms with Crippen molar-refractivity contribution in [3.63, 3.8) is 0 Å². The average Bonchev–Trinajstić information content (AvgIpc) is 2.67. The lowest BCUT2D eigenvalue weighted by Gasteiger charge is -2.17. The van der Waals surface area contributed by atoms with Crippen LogP contribution in [-0.2, 0) is 6.54 Å². The quantitative estimate of drug-likeness (QED) is 0.687. The summed E-state index contributed by atoms with van der Waals surface area (Å²) in [5, 5.41) is 22.5. The summed E-state index contributed by atoms with van der Waals surface area (Å²) in [7, 11) is 0. The van der Waals surface area contributed by atoms with E-state index in [1.165, 1.54) is 25.3 Å². The number of nitrogens with one attached hydrogen (secondary N) is 1. The summed E-state index contributed by atoms with van der Waals surface area (Å²) in [6.07, 6.45) is 3.77. The maximum absolute atomic E-state index is 9.65. The topological polar surface area (TPSA) is 52.5 Å². The van der Waals surface area contributed by atoms with Crippen LogP contribution in [0, 0.1) is 5.92 Å². The molecule has 3 nitrogen and oxygen atoms in total. The first kappa shape index (κ1) is 11.3. The smallest absolute Gasteiger partial charge is 0.161 e. The van der Waals surface area contributed by atoms with Crippen molar-refractivity contribution < 1.29 is 10.2 Å². The number of benzene rings is 1. The molecule has 0 bridgehead atoms. The molecule has 88 valence electrons. The molecule has 16 heavy (non-hydrogen) atoms. The molecule has 1 aliphatic carbocycles. The lowest BCUT2D eigenvalue weighted by Crippen LogP contribution is -2.30. The van der Waals surface area contributed by atoms with E-state index in [9.17, 15) is 10.2 Å². The number of hydrogen-bond donors (Lipinski definition) is 3. The molecule has 0 amide bonds. The summed E-state index contributed by atoms with van der Waals surface area (Å²) in [5.74, 6) is 0.666. The van der Waals surface area contributed by atoms with Crippen LogP contribution in [0.25, 0.3) is 0 Å². The molecule has 0 spiro atoms. The number of hydrogen-bond acceptors (Lipinski definition) is 3. The van der Waals surface area contributed by atoms with Gasteiger partial charge in [-0.25, -0.2) is 0 Å². The van der Waals surface area contributed by atoms with Crippen molar-refractivity contribution in [1.29, 1.82) is 0 Å². The van der Waals surface area contributed by atoms with Crippen LogP contribution in [0.3, 0.4) is 0 Å². The van der Waals surface area contributed by atoms with Crippen molar-refractivity contribution >= 4 is 0 Å². The fourth-order valence-electron chi connectivity index (χ4n) is 2.41. The molecule has 1 aromatic rings. The number of phenolic OH excluding ortho intramolecular Hbond substituents is 2. The van der Waals surface area contributed by atoms with Crippen molar-refractivity contribution in [2.75, 3.05) is 0 Å². The van der Waals surface area contributed by atoms with E-state index in [0.717, 1.165) is 5.56 Å². The Kier molecular flexibility index (Phi) is 3.34. The normalized spacial score (nSPS) is 24.8. The molecule has 3 N–H and O–H groups in total. The lowest BCUT2D eigenvalue weighted by molar-refractivity contribution is 0.388. The van der Waals surface area contributed by atoms with E-state index in [1.807, 2.05) is 6.07 Å². The van der Waals surface area contributed by atoms with Crippen LogP contribution in [0.5, 0.6) is 11.5 Å². The maximum Gasteiger partial charge on any atom is 0.161 e. The second-order valence-corrected chi connectivity index (χ2v) is 4.68. The van der Waals surface area contributed by atoms with Crippen molar-refractivity contribution in [3.05, 3.63) is 23.8 Å². The highest BCUT2D eigenvalue weighted by molar-refractivity contribution is 5.44. The van der Waals surface area contributed by atoms with Gasteiger partial charge >= 0.3 is 0 Å². The van der Waals surface area contributed by atoms with Crippen LogP contribution in [0.2, 0.25) is 0 Å². The van der Waals surface area contributed by atoms with E-state index >= 15 is 0 Å². The third kappa shape index (κ3) is 2.30. The van der Waals surface area contributed by atoms with Crippen molar-refractivity contribution in [2.24, 2.45) is 5.92 Å². The van der Waals surface area contributed by atoms with Crippen LogP contribution < -0.4 is 5.32 Å². The Labute approximate surface area is 96.1 Å². The van der Waals surface area contributed by atoms with Crippen LogP contribution >= 0.6 is 0 Å². The second kappa shape index (κ2) is 4.74. The summed E-state index contributed by atoms with van der Waals surface area (Å²) in [6.45, 7) is 2.88. The largest absolute Gasteiger partial charge is 0.504 e. The SMILES string of the molecule is CC1CCCC1NCc1cccc(O)c1O. The third-order valence-electron chi connectivity index (χ3n) is 3.51. The van der Waals surface area contributed by atoms with Gasteiger partial charge < -0.3 is 15.5 Å². The van der Waals surface area contributed by atoms with Crippen molar-refractivity contribution in [1.82, 2.24) is 5.32 Å². The molecule has 0 radical (unpaired) electrons. The van der Waals surface area contributed by atoms with Crippen LogP contribution in [0.4, 0.5) is 0 Å². The summed E-state index contributed by atoms with van der Waals surface area (Å²) >= 11 is 0. The fraction of sp³-hybridized carbons (Fsp3) is 0.538. The molecule has 2 rings (SSSR count). The fourth-order valence-corrected chi connectivity index (χ4v) is 2.41. The van der Waals surface area contributed by atoms with Gasteiger partial charge in [-0.2, -0.15) is 0 Å². The molecular weight excluding hydrogens is 202 g/mol. The van der Waals surface area contributed by atoms with Crippen molar-refractivity contribution in [2.45, 2.75) is 38.8 Å². The number of para-hydroxylation sites is 1. The standard InChI is InChI=1S/C13H19NO2/c1-9-4-2-6-11(9)14-8-10-5-3-7-12(15)13(10)16/h3,5,7,9,11,14-16H,2,4,6,8H2,1H3. The van der Waals surface area contributed by atoms with Crippen LogP contribution in [-0.4, -0.2) is 16.3 Å². The summed E-state index contributed by atoms with van der Waals surface area (Å²) in [4.78, 5) is 0. The van der Waals surface area contributed by atoms with E-state index in [1.54, 1.807) is 6.07 Å². The maximum atomic E-state index is 9.65. The van der Waals surface area contributed by atoms with E-state index in [-0.39, 0.29) is 11.5 Å². The average molecular weight is 221 g/mol. The molecule has 0 saturated heterocycles. The Hall–Kier alpha value is -1.22. The summed E-state index contributed by atoms with van der Waals surface area (Å²) in [5.41, 5.74) is 0.763. The minimum atomic E-state index is -0.0428. The monoisotopic (exact) mass is 221 g/mol. The highest BCUT2D eigenvalue weighted by Crippen LogP contribution is 2.29. The van der Waals surface area contributed by atoms with Gasteiger partial charge in [0.15, 0.2) is 11.5 Å². The highest BCUT2D eigenvalue weighted by atomic mass is 16.3. The van der Waals surface area contributed by atoms with Gasteiger partial charge in [0.1, 0.15) is 0 Å². The molecular formula is C13H19NO2. The third-order valence-corrected chi connectivity index (χ3v) is 3.51. The zero-order valence-electron chi connectivity index (χ0n) is 9.61. The highest BCUT2D eigenvalue weighted by Gasteiger charge is 2.22. The minimum absolute atomic E-state index is 0.000602. The van der Waals surface area contributed by atoms with Gasteiger partial charge in [0.2, 0.25) is 0 Å². The zero-order chi connectivity index (χ0) is 11.5. The Balaban J connectivity index is 1.96. The van der Waals surface area contributed by atoms with E-state index in [4.69, 9.17) is 0 Å². The minimum Gasteiger partial charge on any atom is -0.504 e. The molecule has 3 heteroatoms. The van der Waals surface area contributed by atoms with Gasteiger partial charge in [0.25, 0.3) is 0 Å². The Morgan fingerprint density at radius 1 is 1.31 bits per heavy atom. The Bertz CT molecular complexity index is 365. The Morgan fingerprint density at radius 2 is 2.12 bits per heavy atom. The molecule has 2 unspecified atom stereocenters. The van der Waals surface area contributed by atoms with Gasteiger partial charge in [0, 0.05) is 18.2 Å². The van der Waals surface area contributed by atoms with Gasteiger partial charge in [-0.05, 0) is 24.8 Å². The molecule has 0 aliphatic heterocycles. The lowest BCUT2D eigenvalue weighted by atomic mass is 10.1. The zero-order valence-corrected chi connectivity index (χ0v) is 9.61. The number of rotatable bonds is 3. The van der Waals surface area contributed by atoms with Crippen LogP contribution in [0.1, 0.15) is 31.7 Å². The molecule has 1 aliphatic rings. The van der Waals surface area contributed by atoms with Gasteiger partial charge in [0.05, 0.1) is 0 Å². The van der Waals surface area contributed by atoms with Gasteiger partial charge in [-0.1, -0.05) is 25.5 Å². The number of phenols is 2. The molecule has 1 aromatic carbocycles. The Morgan fingerprint density at radius 3 is 2.81 bits per heavy atom. The van der Waals surface area contributed by atoms with E-state index in [0.29, 0.717) is 18.5 Å². The molecule has 1 fully saturated rings. The first-order valence-corrected chi connectivity index (χ1v) is 5.91. The van der Waals surface area contributed by atoms with E-state index < -0.39 is 0 Å². The van der Waals surface area contributed by atoms with Crippen molar-refractivity contribution in [3.8, 4) is 11.5 Å². The molecule has 0 aromatic heterocycles. The second-order valence-electron chi connectivity index (χ2n) is 4.68. The molecule has 0 heterocycles. The molecule has 1 saturated carbocycles. The predicted octanol–water partition coefficient (Wildman–Crippen LogP) is 2.38. The van der Waals surface area contributed by atoms with Crippen LogP contribution in [0.15, 0.2) is 18.2 Å². The first-order chi connectivity index (χ1) is 7.68. The predicted molar refractivity (Wildman–Crippen MR) is 63.4 cm³/mol. The van der Waals surface area contributed by atoms with Gasteiger partial charge in [-0.15, -0.1) is 0 Å².